The number of hydrogen-bond acceptors (Lipinski definition) is 5. The third-order valence-corrected chi connectivity index (χ3v) is 8.39. The van der Waals surface area contributed by atoms with Crippen molar-refractivity contribution >= 4 is 44.4 Å². The number of aromatic nitrogens is 2. The van der Waals surface area contributed by atoms with E-state index in [0.717, 1.165) is 41.7 Å². The minimum atomic E-state index is -3.55. The Kier molecular flexibility index (Phi) is 7.87. The van der Waals surface area contributed by atoms with Gasteiger partial charge in [0.2, 0.25) is 15.9 Å². The number of carbonyl (C=O) groups is 1. The third-order valence-electron chi connectivity index (χ3n) is 5.49. The summed E-state index contributed by atoms with van der Waals surface area (Å²) in [6, 6.07) is 11.0. The molecule has 0 aliphatic rings. The maximum Gasteiger partial charge on any atom is 0.242 e. The average Bonchev–Trinajstić information content (AvgIpc) is 3.09. The van der Waals surface area contributed by atoms with Gasteiger partial charge in [-0.1, -0.05) is 42.8 Å². The van der Waals surface area contributed by atoms with Gasteiger partial charge in [-0.15, -0.1) is 0 Å². The van der Waals surface area contributed by atoms with Crippen LogP contribution in [-0.4, -0.2) is 47.5 Å². The Morgan fingerprint density at radius 2 is 1.91 bits per heavy atom. The quantitative estimate of drug-likeness (QED) is 0.437. The summed E-state index contributed by atoms with van der Waals surface area (Å²) >= 11 is 1.38. The summed E-state index contributed by atoms with van der Waals surface area (Å²) in [4.78, 5) is 17.8. The largest absolute Gasteiger partial charge is 0.325 e. The lowest BCUT2D eigenvalue weighted by Crippen LogP contribution is -2.23. The van der Waals surface area contributed by atoms with E-state index in [9.17, 15) is 13.2 Å². The van der Waals surface area contributed by atoms with E-state index in [2.05, 4.69) is 16.8 Å². The van der Waals surface area contributed by atoms with Crippen LogP contribution in [0.15, 0.2) is 46.5 Å². The molecule has 1 unspecified atom stereocenters. The van der Waals surface area contributed by atoms with E-state index in [-0.39, 0.29) is 16.1 Å². The lowest BCUT2D eigenvalue weighted by atomic mass is 10.1. The fourth-order valence-electron chi connectivity index (χ4n) is 3.48. The zero-order valence-electron chi connectivity index (χ0n) is 20.0. The molecular weight excluding hydrogens is 456 g/mol. The van der Waals surface area contributed by atoms with Crippen molar-refractivity contribution in [2.75, 3.05) is 19.4 Å². The van der Waals surface area contributed by atoms with Crippen molar-refractivity contribution in [1.82, 2.24) is 13.9 Å². The SMILES string of the molecule is CCCCn1c(SC(C)C(=O)Nc2ccc(C)cc2C)nc2cc(S(=O)(=O)N(C)C)ccc21. The number of benzene rings is 2. The molecule has 7 nitrogen and oxygen atoms in total. The highest BCUT2D eigenvalue weighted by Gasteiger charge is 2.22. The molecule has 2 aromatic carbocycles. The highest BCUT2D eigenvalue weighted by molar-refractivity contribution is 8.00. The van der Waals surface area contributed by atoms with Crippen molar-refractivity contribution in [1.29, 1.82) is 0 Å². The highest BCUT2D eigenvalue weighted by Crippen LogP contribution is 2.30. The predicted molar refractivity (Wildman–Crippen MR) is 135 cm³/mol. The van der Waals surface area contributed by atoms with E-state index in [0.29, 0.717) is 10.7 Å². The first-order valence-corrected chi connectivity index (χ1v) is 13.3. The molecule has 0 bridgehead atoms. The first kappa shape index (κ1) is 25.3. The first-order chi connectivity index (χ1) is 15.5. The molecule has 1 atom stereocenters. The molecular formula is C24H32N4O3S2. The second-order valence-electron chi connectivity index (χ2n) is 8.41. The number of carbonyl (C=O) groups excluding carboxylic acids is 1. The standard InChI is InChI=1S/C24H32N4O3S2/c1-7-8-13-28-22-12-10-19(33(30,31)27(5)6)15-21(22)26-24(28)32-18(4)23(29)25-20-11-9-16(2)14-17(20)3/h9-12,14-15,18H,7-8,13H2,1-6H3,(H,25,29). The summed E-state index contributed by atoms with van der Waals surface area (Å²) in [7, 11) is -0.533. The van der Waals surface area contributed by atoms with Crippen LogP contribution in [-0.2, 0) is 21.4 Å². The van der Waals surface area contributed by atoms with E-state index < -0.39 is 10.0 Å². The van der Waals surface area contributed by atoms with Crippen molar-refractivity contribution in [2.24, 2.45) is 0 Å². The zero-order valence-corrected chi connectivity index (χ0v) is 21.7. The summed E-state index contributed by atoms with van der Waals surface area (Å²) in [5, 5.41) is 3.34. The molecule has 0 spiro atoms. The van der Waals surface area contributed by atoms with Crippen LogP contribution in [0.5, 0.6) is 0 Å². The van der Waals surface area contributed by atoms with Gasteiger partial charge < -0.3 is 9.88 Å². The second-order valence-corrected chi connectivity index (χ2v) is 11.9. The van der Waals surface area contributed by atoms with Gasteiger partial charge in [0.15, 0.2) is 5.16 Å². The molecule has 1 aromatic heterocycles. The van der Waals surface area contributed by atoms with Crippen LogP contribution in [0, 0.1) is 13.8 Å². The third kappa shape index (κ3) is 5.59. The Balaban J connectivity index is 1.90. The lowest BCUT2D eigenvalue weighted by Gasteiger charge is -2.15. The molecule has 0 aliphatic heterocycles. The summed E-state index contributed by atoms with van der Waals surface area (Å²) in [5.74, 6) is -0.100. The van der Waals surface area contributed by atoms with E-state index in [1.807, 2.05) is 39.0 Å². The van der Waals surface area contributed by atoms with Crippen LogP contribution in [0.3, 0.4) is 0 Å². The Morgan fingerprint density at radius 3 is 2.55 bits per heavy atom. The number of thioether (sulfide) groups is 1. The number of aryl methyl sites for hydroxylation is 3. The number of nitrogens with zero attached hydrogens (tertiary/aromatic N) is 3. The number of nitrogens with one attached hydrogen (secondary N) is 1. The smallest absolute Gasteiger partial charge is 0.242 e. The molecule has 3 aromatic rings. The van der Waals surface area contributed by atoms with E-state index in [1.165, 1.54) is 30.2 Å². The van der Waals surface area contributed by atoms with Gasteiger partial charge in [0.25, 0.3) is 0 Å². The number of imidazole rings is 1. The van der Waals surface area contributed by atoms with Crippen molar-refractivity contribution in [3.63, 3.8) is 0 Å². The average molecular weight is 489 g/mol. The molecule has 1 N–H and O–H groups in total. The highest BCUT2D eigenvalue weighted by atomic mass is 32.2. The minimum absolute atomic E-state index is 0.100. The maximum absolute atomic E-state index is 12.9. The number of amides is 1. The molecule has 0 saturated carbocycles. The number of anilines is 1. The van der Waals surface area contributed by atoms with Crippen LogP contribution in [0.2, 0.25) is 0 Å². The Morgan fingerprint density at radius 1 is 1.18 bits per heavy atom. The molecule has 0 fully saturated rings. The van der Waals surface area contributed by atoms with E-state index >= 15 is 0 Å². The van der Waals surface area contributed by atoms with Gasteiger partial charge >= 0.3 is 0 Å². The van der Waals surface area contributed by atoms with Gasteiger partial charge in [0, 0.05) is 26.3 Å². The van der Waals surface area contributed by atoms with E-state index in [4.69, 9.17) is 4.98 Å². The zero-order chi connectivity index (χ0) is 24.3. The summed E-state index contributed by atoms with van der Waals surface area (Å²) in [6.45, 7) is 8.72. The van der Waals surface area contributed by atoms with Crippen LogP contribution < -0.4 is 5.32 Å². The van der Waals surface area contributed by atoms with Crippen LogP contribution in [0.1, 0.15) is 37.8 Å². The molecule has 0 aliphatic carbocycles. The number of rotatable bonds is 9. The van der Waals surface area contributed by atoms with Crippen LogP contribution in [0.25, 0.3) is 11.0 Å². The normalized spacial score (nSPS) is 12.9. The minimum Gasteiger partial charge on any atom is -0.325 e. The number of hydrogen-bond donors (Lipinski definition) is 1. The summed E-state index contributed by atoms with van der Waals surface area (Å²) < 4.78 is 28.4. The fraction of sp³-hybridized carbons (Fsp3) is 0.417. The number of sulfonamides is 1. The van der Waals surface area contributed by atoms with Crippen LogP contribution in [0.4, 0.5) is 5.69 Å². The van der Waals surface area contributed by atoms with Crippen molar-refractivity contribution in [3.8, 4) is 0 Å². The lowest BCUT2D eigenvalue weighted by molar-refractivity contribution is -0.115. The van der Waals surface area contributed by atoms with Gasteiger partial charge in [-0.25, -0.2) is 17.7 Å². The number of unbranched alkanes of at least 4 members (excludes halogenated alkanes) is 1. The topological polar surface area (TPSA) is 84.3 Å². The monoisotopic (exact) mass is 488 g/mol. The fourth-order valence-corrected chi connectivity index (χ4v) is 5.35. The van der Waals surface area contributed by atoms with E-state index in [1.54, 1.807) is 18.2 Å². The number of fused-ring (bicyclic) bond motifs is 1. The van der Waals surface area contributed by atoms with Crippen molar-refractivity contribution < 1.29 is 13.2 Å². The molecule has 1 heterocycles. The molecule has 9 heteroatoms. The van der Waals surface area contributed by atoms with Gasteiger partial charge in [0.1, 0.15) is 0 Å². The molecule has 0 saturated heterocycles. The maximum atomic E-state index is 12.9. The Hall–Kier alpha value is -2.36. The molecule has 3 rings (SSSR count). The van der Waals surface area contributed by atoms with Gasteiger partial charge in [-0.05, 0) is 57.0 Å². The molecule has 178 valence electrons. The van der Waals surface area contributed by atoms with Gasteiger partial charge in [-0.3, -0.25) is 4.79 Å². The summed E-state index contributed by atoms with van der Waals surface area (Å²) in [6.07, 6.45) is 1.97. The van der Waals surface area contributed by atoms with Crippen molar-refractivity contribution in [3.05, 3.63) is 47.5 Å². The molecule has 0 radical (unpaired) electrons. The van der Waals surface area contributed by atoms with Crippen LogP contribution >= 0.6 is 11.8 Å². The first-order valence-electron chi connectivity index (χ1n) is 11.0. The van der Waals surface area contributed by atoms with Gasteiger partial charge in [-0.2, -0.15) is 0 Å². The molecule has 33 heavy (non-hydrogen) atoms. The second kappa shape index (κ2) is 10.3. The summed E-state index contributed by atoms with van der Waals surface area (Å²) in [5.41, 5.74) is 4.44. The Bertz CT molecular complexity index is 1270. The van der Waals surface area contributed by atoms with Crippen molar-refractivity contribution in [2.45, 2.75) is 62.4 Å². The predicted octanol–water partition coefficient (Wildman–Crippen LogP) is 4.82. The molecule has 1 amide bonds. The van der Waals surface area contributed by atoms with Gasteiger partial charge in [0.05, 0.1) is 21.2 Å². The Labute approximate surface area is 200 Å².